The van der Waals surface area contributed by atoms with E-state index in [4.69, 9.17) is 22.7 Å². The molecule has 0 saturated carbocycles. The Morgan fingerprint density at radius 2 is 2.24 bits per heavy atom. The summed E-state index contributed by atoms with van der Waals surface area (Å²) in [7, 11) is 1.60. The number of amides is 1. The average Bonchev–Trinajstić information content (AvgIpc) is 2.43. The van der Waals surface area contributed by atoms with Crippen molar-refractivity contribution >= 4 is 23.1 Å². The number of nitrogens with zero attached hydrogens (tertiary/aromatic N) is 2. The number of aromatic nitrogens is 1. The highest BCUT2D eigenvalue weighted by molar-refractivity contribution is 7.80. The largest absolute Gasteiger partial charge is 0.393 e. The molecule has 0 unspecified atom stereocenters. The van der Waals surface area contributed by atoms with Gasteiger partial charge in [-0.2, -0.15) is 0 Å². The van der Waals surface area contributed by atoms with Crippen LogP contribution in [0.4, 0.5) is 0 Å². The first-order valence-electron chi connectivity index (χ1n) is 6.84. The van der Waals surface area contributed by atoms with Crippen LogP contribution < -0.4 is 5.73 Å². The molecule has 2 N–H and O–H groups in total. The quantitative estimate of drug-likeness (QED) is 0.743. The van der Waals surface area contributed by atoms with Gasteiger partial charge in [-0.3, -0.25) is 9.78 Å². The smallest absolute Gasteiger partial charge is 0.225 e. The van der Waals surface area contributed by atoms with Gasteiger partial charge in [0.1, 0.15) is 0 Å². The Labute approximate surface area is 131 Å². The molecule has 0 radical (unpaired) electrons. The first-order valence-corrected chi connectivity index (χ1v) is 7.25. The average molecular weight is 309 g/mol. The molecule has 1 aromatic heterocycles. The lowest BCUT2D eigenvalue weighted by Gasteiger charge is -2.28. The maximum atomic E-state index is 12.5. The second kappa shape index (κ2) is 8.05. The highest BCUT2D eigenvalue weighted by Gasteiger charge is 2.25. The Bertz CT molecular complexity index is 477. The molecular formula is C15H23N3O2S. The molecule has 1 rings (SSSR count). The summed E-state index contributed by atoms with van der Waals surface area (Å²) in [6.07, 6.45) is 4.27. The number of ether oxygens (including phenoxy) is 1. The molecule has 1 heterocycles. The summed E-state index contributed by atoms with van der Waals surface area (Å²) in [5.74, 6) is 0.0157. The van der Waals surface area contributed by atoms with Gasteiger partial charge in [0.15, 0.2) is 0 Å². The van der Waals surface area contributed by atoms with Crippen LogP contribution in [0.25, 0.3) is 0 Å². The maximum Gasteiger partial charge on any atom is 0.225 e. The molecule has 6 heteroatoms. The van der Waals surface area contributed by atoms with Crippen molar-refractivity contribution in [1.82, 2.24) is 9.88 Å². The highest BCUT2D eigenvalue weighted by Crippen LogP contribution is 2.16. The van der Waals surface area contributed by atoms with Crippen LogP contribution in [0.5, 0.6) is 0 Å². The van der Waals surface area contributed by atoms with Crippen LogP contribution in [-0.4, -0.2) is 40.0 Å². The predicted octanol–water partition coefficient (Wildman–Crippen LogP) is 1.90. The molecule has 0 fully saturated rings. The molecular weight excluding hydrogens is 286 g/mol. The van der Waals surface area contributed by atoms with Gasteiger partial charge in [0.05, 0.1) is 17.0 Å². The van der Waals surface area contributed by atoms with Crippen LogP contribution >= 0.6 is 12.2 Å². The lowest BCUT2D eigenvalue weighted by atomic mass is 10.0. The van der Waals surface area contributed by atoms with Crippen LogP contribution in [0.2, 0.25) is 0 Å². The Balaban J connectivity index is 2.76. The molecule has 1 aromatic rings. The van der Waals surface area contributed by atoms with E-state index < -0.39 is 5.60 Å². The van der Waals surface area contributed by atoms with Crippen molar-refractivity contribution in [2.24, 2.45) is 5.73 Å². The highest BCUT2D eigenvalue weighted by atomic mass is 32.1. The third-order valence-corrected chi connectivity index (χ3v) is 3.41. The summed E-state index contributed by atoms with van der Waals surface area (Å²) in [6.45, 7) is 4.78. The third-order valence-electron chi connectivity index (χ3n) is 3.21. The number of carbonyl (C=O) groups excluding carboxylic acids is 1. The van der Waals surface area contributed by atoms with Gasteiger partial charge in [-0.05, 0) is 25.5 Å². The number of nitrogens with two attached hydrogens (primary N) is 1. The fraction of sp³-hybridized carbons (Fsp3) is 0.533. The summed E-state index contributed by atoms with van der Waals surface area (Å²) in [5.41, 5.74) is 6.03. The van der Waals surface area contributed by atoms with Crippen LogP contribution in [0.15, 0.2) is 24.5 Å². The van der Waals surface area contributed by atoms with Crippen LogP contribution in [-0.2, 0) is 16.1 Å². The molecule has 0 aliphatic carbocycles. The summed E-state index contributed by atoms with van der Waals surface area (Å²) in [5, 5.41) is 0. The van der Waals surface area contributed by atoms with Gasteiger partial charge in [-0.1, -0.05) is 18.3 Å². The molecule has 0 aliphatic rings. The van der Waals surface area contributed by atoms with Crippen molar-refractivity contribution < 1.29 is 9.53 Å². The van der Waals surface area contributed by atoms with Gasteiger partial charge < -0.3 is 15.4 Å². The second-order valence-electron chi connectivity index (χ2n) is 5.53. The molecule has 0 bridgehead atoms. The Morgan fingerprint density at radius 3 is 2.76 bits per heavy atom. The van der Waals surface area contributed by atoms with Crippen molar-refractivity contribution in [1.29, 1.82) is 0 Å². The van der Waals surface area contributed by atoms with E-state index in [1.807, 2.05) is 26.0 Å². The van der Waals surface area contributed by atoms with Crippen molar-refractivity contribution in [3.63, 3.8) is 0 Å². The van der Waals surface area contributed by atoms with E-state index in [9.17, 15) is 4.79 Å². The second-order valence-corrected chi connectivity index (χ2v) is 6.06. The molecule has 5 nitrogen and oxygen atoms in total. The summed E-state index contributed by atoms with van der Waals surface area (Å²) in [4.78, 5) is 18.7. The normalized spacial score (nSPS) is 11.2. The van der Waals surface area contributed by atoms with E-state index in [-0.39, 0.29) is 5.91 Å². The van der Waals surface area contributed by atoms with Gasteiger partial charge in [-0.25, -0.2) is 0 Å². The minimum Gasteiger partial charge on any atom is -0.393 e. The molecule has 0 saturated heterocycles. The van der Waals surface area contributed by atoms with Crippen molar-refractivity contribution in [2.45, 2.75) is 38.8 Å². The summed E-state index contributed by atoms with van der Waals surface area (Å²) >= 11 is 4.90. The minimum atomic E-state index is -0.493. The van der Waals surface area contributed by atoms with E-state index in [1.165, 1.54) is 0 Å². The number of methoxy groups -OCH3 is 1. The fourth-order valence-corrected chi connectivity index (χ4v) is 1.89. The minimum absolute atomic E-state index is 0.0157. The first-order chi connectivity index (χ1) is 9.84. The molecule has 0 atom stereocenters. The first kappa shape index (κ1) is 17.5. The van der Waals surface area contributed by atoms with E-state index in [1.54, 1.807) is 24.4 Å². The number of thiocarbonyl (C=S) groups is 1. The number of hydrogen-bond acceptors (Lipinski definition) is 4. The van der Waals surface area contributed by atoms with E-state index in [0.29, 0.717) is 30.9 Å². The van der Waals surface area contributed by atoms with Gasteiger partial charge in [0.2, 0.25) is 5.91 Å². The number of carbonyl (C=O) groups is 1. The SMILES string of the molecule is COC(C)(C)CC(=O)N(CCC(N)=S)Cc1cccnc1. The maximum absolute atomic E-state index is 12.5. The van der Waals surface area contributed by atoms with Crippen LogP contribution in [0, 0.1) is 0 Å². The van der Waals surface area contributed by atoms with E-state index in [0.717, 1.165) is 5.56 Å². The van der Waals surface area contributed by atoms with Crippen LogP contribution in [0.3, 0.4) is 0 Å². The number of pyridine rings is 1. The molecule has 1 amide bonds. The summed E-state index contributed by atoms with van der Waals surface area (Å²) in [6, 6.07) is 3.79. The molecule has 116 valence electrons. The van der Waals surface area contributed by atoms with Gasteiger partial charge in [-0.15, -0.1) is 0 Å². The molecule has 0 aliphatic heterocycles. The molecule has 0 aromatic carbocycles. The number of hydrogen-bond donors (Lipinski definition) is 1. The monoisotopic (exact) mass is 309 g/mol. The fourth-order valence-electron chi connectivity index (χ4n) is 1.80. The Morgan fingerprint density at radius 1 is 1.52 bits per heavy atom. The lowest BCUT2D eigenvalue weighted by molar-refractivity contribution is -0.137. The topological polar surface area (TPSA) is 68.5 Å². The Hall–Kier alpha value is -1.53. The van der Waals surface area contributed by atoms with E-state index >= 15 is 0 Å². The predicted molar refractivity (Wildman–Crippen MR) is 86.8 cm³/mol. The van der Waals surface area contributed by atoms with E-state index in [2.05, 4.69) is 4.98 Å². The van der Waals surface area contributed by atoms with Gasteiger partial charge >= 0.3 is 0 Å². The Kier molecular flexibility index (Phi) is 6.71. The molecule has 0 spiro atoms. The standard InChI is InChI=1S/C15H23N3O2S/c1-15(2,20-3)9-14(19)18(8-6-13(16)21)11-12-5-4-7-17-10-12/h4-5,7,10H,6,8-9,11H2,1-3H3,(H2,16,21). The van der Waals surface area contributed by atoms with Crippen molar-refractivity contribution in [3.05, 3.63) is 30.1 Å². The third kappa shape index (κ3) is 6.64. The number of rotatable bonds is 8. The lowest BCUT2D eigenvalue weighted by Crippen LogP contribution is -2.38. The van der Waals surface area contributed by atoms with Crippen molar-refractivity contribution in [3.8, 4) is 0 Å². The zero-order valence-electron chi connectivity index (χ0n) is 12.8. The van der Waals surface area contributed by atoms with Gasteiger partial charge in [0, 0.05) is 39.0 Å². The van der Waals surface area contributed by atoms with Crippen LogP contribution in [0.1, 0.15) is 32.3 Å². The van der Waals surface area contributed by atoms with Gasteiger partial charge in [0.25, 0.3) is 0 Å². The van der Waals surface area contributed by atoms with Crippen molar-refractivity contribution in [2.75, 3.05) is 13.7 Å². The zero-order valence-corrected chi connectivity index (χ0v) is 13.7. The molecule has 21 heavy (non-hydrogen) atoms. The summed E-state index contributed by atoms with van der Waals surface area (Å²) < 4.78 is 5.32. The zero-order chi connectivity index (χ0) is 15.9.